The highest BCUT2D eigenvalue weighted by Crippen LogP contribution is 2.24. The first-order valence-electron chi connectivity index (χ1n) is 9.85. The van der Waals surface area contributed by atoms with Gasteiger partial charge in [-0.1, -0.05) is 36.1 Å². The second kappa shape index (κ2) is 7.98. The fourth-order valence-electron chi connectivity index (χ4n) is 4.24. The Bertz CT molecular complexity index is 789. The molecule has 144 valence electrons. The molecule has 0 unspecified atom stereocenters. The van der Waals surface area contributed by atoms with E-state index < -0.39 is 0 Å². The van der Waals surface area contributed by atoms with Crippen LogP contribution >= 0.6 is 11.6 Å². The zero-order chi connectivity index (χ0) is 18.8. The Hall–Kier alpha value is -1.92. The first-order valence-corrected chi connectivity index (χ1v) is 10.2. The molecule has 27 heavy (non-hydrogen) atoms. The molecule has 0 bridgehead atoms. The number of hydrogen-bond acceptors (Lipinski definition) is 4. The van der Waals surface area contributed by atoms with Crippen LogP contribution in [0.3, 0.4) is 0 Å². The molecule has 2 heterocycles. The van der Waals surface area contributed by atoms with Gasteiger partial charge in [0, 0.05) is 37.2 Å². The zero-order valence-corrected chi connectivity index (χ0v) is 16.5. The van der Waals surface area contributed by atoms with E-state index in [0.29, 0.717) is 16.8 Å². The van der Waals surface area contributed by atoms with Gasteiger partial charge in [-0.15, -0.1) is 5.10 Å². The van der Waals surface area contributed by atoms with Crippen LogP contribution in [0.4, 0.5) is 0 Å². The molecule has 1 aromatic heterocycles. The fourth-order valence-corrected chi connectivity index (χ4v) is 4.37. The van der Waals surface area contributed by atoms with Crippen molar-refractivity contribution < 1.29 is 4.79 Å². The van der Waals surface area contributed by atoms with E-state index >= 15 is 0 Å². The number of hydrogen-bond donors (Lipinski definition) is 0. The Morgan fingerprint density at radius 1 is 1.04 bits per heavy atom. The third-order valence-corrected chi connectivity index (χ3v) is 6.11. The molecule has 2 fully saturated rings. The summed E-state index contributed by atoms with van der Waals surface area (Å²) in [5.41, 5.74) is 2.05. The molecule has 6 nitrogen and oxygen atoms in total. The molecular weight excluding hydrogens is 362 g/mol. The minimum Gasteiger partial charge on any atom is -0.335 e. The predicted octanol–water partition coefficient (Wildman–Crippen LogP) is 3.32. The van der Waals surface area contributed by atoms with Crippen molar-refractivity contribution in [3.8, 4) is 5.69 Å². The zero-order valence-electron chi connectivity index (χ0n) is 15.8. The summed E-state index contributed by atoms with van der Waals surface area (Å²) < 4.78 is 1.70. The summed E-state index contributed by atoms with van der Waals surface area (Å²) in [6, 6.07) is 8.08. The van der Waals surface area contributed by atoms with E-state index in [2.05, 4.69) is 15.2 Å². The molecule has 0 atom stereocenters. The Labute approximate surface area is 165 Å². The Morgan fingerprint density at radius 2 is 1.70 bits per heavy atom. The quantitative estimate of drug-likeness (QED) is 0.810. The highest BCUT2D eigenvalue weighted by Gasteiger charge is 2.29. The number of halogens is 1. The summed E-state index contributed by atoms with van der Waals surface area (Å²) in [4.78, 5) is 17.5. The van der Waals surface area contributed by atoms with Crippen molar-refractivity contribution in [1.29, 1.82) is 0 Å². The standard InChI is InChI=1S/C20H26ClN5O/c1-15-19(22-23-26(15)18-9-7-16(21)8-10-18)20(27)25-13-11-24(12-14-25)17-5-3-2-4-6-17/h7-10,17H,2-6,11-14H2,1H3. The molecule has 0 radical (unpaired) electrons. The van der Waals surface area contributed by atoms with E-state index in [1.54, 1.807) is 4.68 Å². The van der Waals surface area contributed by atoms with Crippen LogP contribution in [0, 0.1) is 6.92 Å². The van der Waals surface area contributed by atoms with Gasteiger partial charge in [0.25, 0.3) is 5.91 Å². The van der Waals surface area contributed by atoms with E-state index in [9.17, 15) is 4.79 Å². The summed E-state index contributed by atoms with van der Waals surface area (Å²) in [5, 5.41) is 9.03. The largest absolute Gasteiger partial charge is 0.335 e. The summed E-state index contributed by atoms with van der Waals surface area (Å²) in [6.07, 6.45) is 6.68. The number of carbonyl (C=O) groups excluding carboxylic acids is 1. The molecule has 2 aliphatic rings. The molecule has 2 aromatic rings. The Morgan fingerprint density at radius 3 is 2.37 bits per heavy atom. The van der Waals surface area contributed by atoms with Crippen LogP contribution in [0.2, 0.25) is 5.02 Å². The van der Waals surface area contributed by atoms with E-state index in [-0.39, 0.29) is 5.91 Å². The minimum atomic E-state index is -0.0176. The summed E-state index contributed by atoms with van der Waals surface area (Å²) in [6.45, 7) is 5.34. The number of nitrogens with zero attached hydrogens (tertiary/aromatic N) is 5. The van der Waals surface area contributed by atoms with Crippen LogP contribution < -0.4 is 0 Å². The van der Waals surface area contributed by atoms with Crippen LogP contribution in [0.1, 0.15) is 48.3 Å². The molecule has 0 spiro atoms. The molecule has 4 rings (SSSR count). The highest BCUT2D eigenvalue weighted by atomic mass is 35.5. The molecule has 1 aromatic carbocycles. The van der Waals surface area contributed by atoms with E-state index in [4.69, 9.17) is 11.6 Å². The van der Waals surface area contributed by atoms with Crippen molar-refractivity contribution in [3.05, 3.63) is 40.7 Å². The maximum atomic E-state index is 13.0. The van der Waals surface area contributed by atoms with Gasteiger partial charge >= 0.3 is 0 Å². The number of benzene rings is 1. The number of rotatable bonds is 3. The third-order valence-electron chi connectivity index (χ3n) is 5.86. The number of aromatic nitrogens is 3. The normalized spacial score (nSPS) is 19.4. The van der Waals surface area contributed by atoms with Gasteiger partial charge in [0.1, 0.15) is 0 Å². The van der Waals surface area contributed by atoms with Crippen LogP contribution in [0.25, 0.3) is 5.69 Å². The predicted molar refractivity (Wildman–Crippen MR) is 105 cm³/mol. The van der Waals surface area contributed by atoms with E-state index in [0.717, 1.165) is 37.6 Å². The third kappa shape index (κ3) is 3.87. The van der Waals surface area contributed by atoms with Crippen LogP contribution in [-0.2, 0) is 0 Å². The first-order chi connectivity index (χ1) is 13.1. The van der Waals surface area contributed by atoms with Gasteiger partial charge in [-0.25, -0.2) is 4.68 Å². The SMILES string of the molecule is Cc1c(C(=O)N2CCN(C3CCCCC3)CC2)nnn1-c1ccc(Cl)cc1. The maximum absolute atomic E-state index is 13.0. The van der Waals surface area contributed by atoms with Crippen molar-refractivity contribution >= 4 is 17.5 Å². The molecular formula is C20H26ClN5O. The maximum Gasteiger partial charge on any atom is 0.276 e. The van der Waals surface area contributed by atoms with Gasteiger partial charge in [0.15, 0.2) is 5.69 Å². The van der Waals surface area contributed by atoms with E-state index in [1.807, 2.05) is 36.1 Å². The van der Waals surface area contributed by atoms with Gasteiger partial charge in [-0.3, -0.25) is 9.69 Å². The van der Waals surface area contributed by atoms with Gasteiger partial charge in [-0.05, 0) is 44.0 Å². The number of carbonyl (C=O) groups is 1. The molecule has 1 saturated carbocycles. The number of amides is 1. The van der Waals surface area contributed by atoms with Crippen LogP contribution in [0.15, 0.2) is 24.3 Å². The first kappa shape index (κ1) is 18.4. The van der Waals surface area contributed by atoms with E-state index in [1.165, 1.54) is 32.1 Å². The lowest BCUT2D eigenvalue weighted by atomic mass is 9.94. The monoisotopic (exact) mass is 387 g/mol. The van der Waals surface area contributed by atoms with Crippen molar-refractivity contribution in [1.82, 2.24) is 24.8 Å². The number of piperazine rings is 1. The lowest BCUT2D eigenvalue weighted by Crippen LogP contribution is -2.52. The van der Waals surface area contributed by atoms with Crippen molar-refractivity contribution in [3.63, 3.8) is 0 Å². The lowest BCUT2D eigenvalue weighted by Gasteiger charge is -2.40. The minimum absolute atomic E-state index is 0.0176. The molecule has 1 aliphatic heterocycles. The molecule has 0 N–H and O–H groups in total. The smallest absolute Gasteiger partial charge is 0.276 e. The van der Waals surface area contributed by atoms with Crippen molar-refractivity contribution in [2.24, 2.45) is 0 Å². The second-order valence-corrected chi connectivity index (χ2v) is 7.97. The van der Waals surface area contributed by atoms with Gasteiger partial charge < -0.3 is 4.90 Å². The van der Waals surface area contributed by atoms with Crippen LogP contribution in [0.5, 0.6) is 0 Å². The summed E-state index contributed by atoms with van der Waals surface area (Å²) in [5.74, 6) is -0.0176. The summed E-state index contributed by atoms with van der Waals surface area (Å²) in [7, 11) is 0. The highest BCUT2D eigenvalue weighted by molar-refractivity contribution is 6.30. The topological polar surface area (TPSA) is 54.3 Å². The Balaban J connectivity index is 1.42. The fraction of sp³-hybridized carbons (Fsp3) is 0.550. The Kier molecular flexibility index (Phi) is 5.45. The van der Waals surface area contributed by atoms with Gasteiger partial charge in [-0.2, -0.15) is 0 Å². The average molecular weight is 388 g/mol. The van der Waals surface area contributed by atoms with Crippen molar-refractivity contribution in [2.45, 2.75) is 45.1 Å². The van der Waals surface area contributed by atoms with Gasteiger partial charge in [0.05, 0.1) is 11.4 Å². The summed E-state index contributed by atoms with van der Waals surface area (Å²) >= 11 is 5.95. The average Bonchev–Trinajstić information content (AvgIpc) is 3.10. The molecule has 7 heteroatoms. The van der Waals surface area contributed by atoms with Crippen molar-refractivity contribution in [2.75, 3.05) is 26.2 Å². The van der Waals surface area contributed by atoms with Crippen LogP contribution in [-0.4, -0.2) is 62.9 Å². The molecule has 1 amide bonds. The lowest BCUT2D eigenvalue weighted by molar-refractivity contribution is 0.0517. The second-order valence-electron chi connectivity index (χ2n) is 7.53. The van der Waals surface area contributed by atoms with Gasteiger partial charge in [0.2, 0.25) is 0 Å². The molecule has 1 aliphatic carbocycles. The molecule has 1 saturated heterocycles.